The highest BCUT2D eigenvalue weighted by molar-refractivity contribution is 4.74. The Bertz CT molecular complexity index is 307. The predicted octanol–water partition coefficient (Wildman–Crippen LogP) is 2.04. The summed E-state index contributed by atoms with van der Waals surface area (Å²) in [5.41, 5.74) is 0. The van der Waals surface area contributed by atoms with Crippen LogP contribution in [0.4, 0.5) is 0 Å². The van der Waals surface area contributed by atoms with Gasteiger partial charge in [0.1, 0.15) is 12.7 Å². The van der Waals surface area contributed by atoms with Crippen molar-refractivity contribution in [3.63, 3.8) is 0 Å². The Hall–Kier alpha value is -0.900. The molecule has 1 saturated heterocycles. The average Bonchev–Trinajstić information content (AvgIpc) is 2.80. The first-order valence-corrected chi connectivity index (χ1v) is 6.79. The number of nitrogens with zero attached hydrogens (tertiary/aromatic N) is 4. The molecule has 0 spiro atoms. The molecule has 1 fully saturated rings. The van der Waals surface area contributed by atoms with Gasteiger partial charge in [0.25, 0.3) is 0 Å². The molecule has 4 heteroatoms. The SMILES string of the molecule is CC(C)CCN1CCC[C@@H](Cn2cncn2)C1. The van der Waals surface area contributed by atoms with Gasteiger partial charge < -0.3 is 4.90 Å². The maximum Gasteiger partial charge on any atom is 0.137 e. The van der Waals surface area contributed by atoms with Crippen LogP contribution in [0.2, 0.25) is 0 Å². The Balaban J connectivity index is 1.76. The Labute approximate surface area is 104 Å². The minimum atomic E-state index is 0.748. The van der Waals surface area contributed by atoms with Gasteiger partial charge in [-0.2, -0.15) is 5.10 Å². The lowest BCUT2D eigenvalue weighted by atomic mass is 9.97. The molecule has 0 aromatic carbocycles. The molecule has 0 radical (unpaired) electrons. The minimum Gasteiger partial charge on any atom is -0.303 e. The van der Waals surface area contributed by atoms with Crippen molar-refractivity contribution in [1.29, 1.82) is 0 Å². The van der Waals surface area contributed by atoms with E-state index in [4.69, 9.17) is 0 Å². The van der Waals surface area contributed by atoms with E-state index in [-0.39, 0.29) is 0 Å². The standard InChI is InChI=1S/C13H24N4/c1-12(2)5-7-16-6-3-4-13(8-16)9-17-11-14-10-15-17/h10-13H,3-9H2,1-2H3/t13-/m1/s1. The van der Waals surface area contributed by atoms with E-state index in [0.29, 0.717) is 0 Å². The summed E-state index contributed by atoms with van der Waals surface area (Å²) in [7, 11) is 0. The third kappa shape index (κ3) is 4.11. The quantitative estimate of drug-likeness (QED) is 0.784. The zero-order valence-corrected chi connectivity index (χ0v) is 11.0. The summed E-state index contributed by atoms with van der Waals surface area (Å²) in [6.45, 7) is 9.39. The fraction of sp³-hybridized carbons (Fsp3) is 0.846. The number of piperidine rings is 1. The molecule has 1 aliphatic rings. The molecular formula is C13H24N4. The van der Waals surface area contributed by atoms with E-state index >= 15 is 0 Å². The molecule has 2 rings (SSSR count). The van der Waals surface area contributed by atoms with E-state index in [1.54, 1.807) is 6.33 Å². The topological polar surface area (TPSA) is 34.0 Å². The van der Waals surface area contributed by atoms with E-state index in [0.717, 1.165) is 18.4 Å². The summed E-state index contributed by atoms with van der Waals surface area (Å²) in [4.78, 5) is 6.62. The van der Waals surface area contributed by atoms with Gasteiger partial charge in [-0.05, 0) is 44.2 Å². The summed E-state index contributed by atoms with van der Waals surface area (Å²) in [6.07, 6.45) is 7.43. The molecule has 0 saturated carbocycles. The largest absolute Gasteiger partial charge is 0.303 e. The highest BCUT2D eigenvalue weighted by Crippen LogP contribution is 2.18. The van der Waals surface area contributed by atoms with E-state index in [1.165, 1.54) is 38.9 Å². The Kier molecular flexibility index (Phi) is 4.54. The van der Waals surface area contributed by atoms with Crippen LogP contribution < -0.4 is 0 Å². The molecule has 0 amide bonds. The second kappa shape index (κ2) is 6.15. The number of aromatic nitrogens is 3. The minimum absolute atomic E-state index is 0.748. The van der Waals surface area contributed by atoms with E-state index in [2.05, 4.69) is 28.8 Å². The lowest BCUT2D eigenvalue weighted by Gasteiger charge is -2.33. The zero-order chi connectivity index (χ0) is 12.1. The lowest BCUT2D eigenvalue weighted by molar-refractivity contribution is 0.153. The summed E-state index contributed by atoms with van der Waals surface area (Å²) in [6, 6.07) is 0. The highest BCUT2D eigenvalue weighted by Gasteiger charge is 2.20. The van der Waals surface area contributed by atoms with Gasteiger partial charge in [-0.25, -0.2) is 4.98 Å². The van der Waals surface area contributed by atoms with Crippen LogP contribution in [0.25, 0.3) is 0 Å². The summed E-state index contributed by atoms with van der Waals surface area (Å²) in [5, 5.41) is 4.20. The molecule has 2 heterocycles. The molecule has 0 unspecified atom stereocenters. The number of rotatable bonds is 5. The maximum absolute atomic E-state index is 4.20. The molecule has 1 aromatic rings. The number of hydrogen-bond acceptors (Lipinski definition) is 3. The smallest absolute Gasteiger partial charge is 0.137 e. The van der Waals surface area contributed by atoms with Crippen molar-refractivity contribution in [3.05, 3.63) is 12.7 Å². The van der Waals surface area contributed by atoms with Gasteiger partial charge in [0.15, 0.2) is 0 Å². The highest BCUT2D eigenvalue weighted by atomic mass is 15.3. The van der Waals surface area contributed by atoms with Crippen molar-refractivity contribution in [3.8, 4) is 0 Å². The van der Waals surface area contributed by atoms with E-state index in [1.807, 2.05) is 11.0 Å². The lowest BCUT2D eigenvalue weighted by Crippen LogP contribution is -2.38. The van der Waals surface area contributed by atoms with Crippen LogP contribution in [-0.4, -0.2) is 39.3 Å². The number of likely N-dealkylation sites (tertiary alicyclic amines) is 1. The van der Waals surface area contributed by atoms with Crippen molar-refractivity contribution in [2.24, 2.45) is 11.8 Å². The molecule has 0 bridgehead atoms. The average molecular weight is 236 g/mol. The molecule has 4 nitrogen and oxygen atoms in total. The van der Waals surface area contributed by atoms with E-state index < -0.39 is 0 Å². The van der Waals surface area contributed by atoms with Crippen molar-refractivity contribution in [2.75, 3.05) is 19.6 Å². The molecule has 0 aliphatic carbocycles. The first-order valence-electron chi connectivity index (χ1n) is 6.79. The van der Waals surface area contributed by atoms with Crippen molar-refractivity contribution < 1.29 is 0 Å². The third-order valence-corrected chi connectivity index (χ3v) is 3.54. The summed E-state index contributed by atoms with van der Waals surface area (Å²) in [5.74, 6) is 1.56. The Morgan fingerprint density at radius 2 is 2.29 bits per heavy atom. The molecule has 1 aromatic heterocycles. The van der Waals surface area contributed by atoms with Crippen LogP contribution in [0.15, 0.2) is 12.7 Å². The molecule has 1 atom stereocenters. The van der Waals surface area contributed by atoms with Gasteiger partial charge in [-0.1, -0.05) is 13.8 Å². The fourth-order valence-electron chi connectivity index (χ4n) is 2.54. The summed E-state index contributed by atoms with van der Waals surface area (Å²) >= 11 is 0. The van der Waals surface area contributed by atoms with Gasteiger partial charge in [-0.3, -0.25) is 4.68 Å². The molecular weight excluding hydrogens is 212 g/mol. The van der Waals surface area contributed by atoms with Crippen LogP contribution in [0.3, 0.4) is 0 Å². The van der Waals surface area contributed by atoms with Crippen LogP contribution in [0.1, 0.15) is 33.1 Å². The first-order chi connectivity index (χ1) is 8.24. The van der Waals surface area contributed by atoms with Crippen LogP contribution in [0.5, 0.6) is 0 Å². The molecule has 1 aliphatic heterocycles. The normalized spacial score (nSPS) is 22.2. The van der Waals surface area contributed by atoms with Gasteiger partial charge in [0.2, 0.25) is 0 Å². The fourth-order valence-corrected chi connectivity index (χ4v) is 2.54. The Morgan fingerprint density at radius 1 is 1.41 bits per heavy atom. The maximum atomic E-state index is 4.20. The van der Waals surface area contributed by atoms with Crippen molar-refractivity contribution in [1.82, 2.24) is 19.7 Å². The van der Waals surface area contributed by atoms with Crippen LogP contribution in [-0.2, 0) is 6.54 Å². The van der Waals surface area contributed by atoms with Crippen molar-refractivity contribution >= 4 is 0 Å². The van der Waals surface area contributed by atoms with Gasteiger partial charge in [-0.15, -0.1) is 0 Å². The van der Waals surface area contributed by atoms with Gasteiger partial charge >= 0.3 is 0 Å². The van der Waals surface area contributed by atoms with Gasteiger partial charge in [0.05, 0.1) is 0 Å². The van der Waals surface area contributed by atoms with E-state index in [9.17, 15) is 0 Å². The van der Waals surface area contributed by atoms with Crippen LogP contribution in [0, 0.1) is 11.8 Å². The van der Waals surface area contributed by atoms with Crippen LogP contribution >= 0.6 is 0 Å². The van der Waals surface area contributed by atoms with Crippen molar-refractivity contribution in [2.45, 2.75) is 39.7 Å². The number of hydrogen-bond donors (Lipinski definition) is 0. The first kappa shape index (κ1) is 12.6. The second-order valence-corrected chi connectivity index (χ2v) is 5.61. The monoisotopic (exact) mass is 236 g/mol. The molecule has 0 N–H and O–H groups in total. The third-order valence-electron chi connectivity index (χ3n) is 3.54. The summed E-state index contributed by atoms with van der Waals surface area (Å²) < 4.78 is 1.97. The van der Waals surface area contributed by atoms with Gasteiger partial charge in [0, 0.05) is 13.1 Å². The second-order valence-electron chi connectivity index (χ2n) is 5.61. The zero-order valence-electron chi connectivity index (χ0n) is 11.0. The molecule has 96 valence electrons. The molecule has 17 heavy (non-hydrogen) atoms. The Morgan fingerprint density at radius 3 is 3.00 bits per heavy atom. The predicted molar refractivity (Wildman–Crippen MR) is 68.6 cm³/mol.